The molecule has 1 rings (SSSR count). The molecular weight excluding hydrogens is 229 g/mol. The molecular formula is C15H22FNO. The Morgan fingerprint density at radius 2 is 1.78 bits per heavy atom. The first kappa shape index (κ1) is 14.8. The van der Waals surface area contributed by atoms with Crippen LogP contribution in [0.5, 0.6) is 0 Å². The second-order valence-corrected chi connectivity index (χ2v) is 5.32. The SMILES string of the molecule is CC(C)CC(C)N(C)CC(=O)c1ccc(F)cc1. The molecule has 1 aromatic carbocycles. The average Bonchev–Trinajstić information content (AvgIpc) is 2.28. The zero-order valence-corrected chi connectivity index (χ0v) is 11.6. The van der Waals surface area contributed by atoms with Gasteiger partial charge >= 0.3 is 0 Å². The fraction of sp³-hybridized carbons (Fsp3) is 0.533. The summed E-state index contributed by atoms with van der Waals surface area (Å²) in [5, 5.41) is 0. The predicted octanol–water partition coefficient (Wildman–Crippen LogP) is 3.37. The van der Waals surface area contributed by atoms with Crippen LogP contribution in [0.3, 0.4) is 0 Å². The fourth-order valence-corrected chi connectivity index (χ4v) is 1.97. The van der Waals surface area contributed by atoms with Crippen LogP contribution in [0, 0.1) is 11.7 Å². The topological polar surface area (TPSA) is 20.3 Å². The number of benzene rings is 1. The molecule has 0 aromatic heterocycles. The highest BCUT2D eigenvalue weighted by Crippen LogP contribution is 2.11. The maximum atomic E-state index is 12.8. The summed E-state index contributed by atoms with van der Waals surface area (Å²) in [5.41, 5.74) is 0.569. The minimum absolute atomic E-state index is 0.0353. The van der Waals surface area contributed by atoms with E-state index in [0.29, 0.717) is 24.1 Å². The first-order valence-corrected chi connectivity index (χ1v) is 6.39. The monoisotopic (exact) mass is 251 g/mol. The van der Waals surface area contributed by atoms with E-state index in [9.17, 15) is 9.18 Å². The summed E-state index contributed by atoms with van der Waals surface area (Å²) in [6, 6.07) is 6.10. The van der Waals surface area contributed by atoms with Crippen molar-refractivity contribution in [3.63, 3.8) is 0 Å². The van der Waals surface area contributed by atoms with Crippen molar-refractivity contribution in [2.24, 2.45) is 5.92 Å². The summed E-state index contributed by atoms with van der Waals surface area (Å²) in [6.45, 7) is 6.84. The van der Waals surface area contributed by atoms with Crippen LogP contribution in [-0.4, -0.2) is 30.3 Å². The van der Waals surface area contributed by atoms with Gasteiger partial charge in [0, 0.05) is 11.6 Å². The van der Waals surface area contributed by atoms with Gasteiger partial charge in [0.15, 0.2) is 5.78 Å². The van der Waals surface area contributed by atoms with Crippen LogP contribution in [0.25, 0.3) is 0 Å². The molecule has 1 atom stereocenters. The highest BCUT2D eigenvalue weighted by Gasteiger charge is 2.15. The van der Waals surface area contributed by atoms with E-state index in [4.69, 9.17) is 0 Å². The van der Waals surface area contributed by atoms with E-state index in [1.807, 2.05) is 11.9 Å². The first-order chi connectivity index (χ1) is 8.40. The Morgan fingerprint density at radius 3 is 2.28 bits per heavy atom. The second kappa shape index (κ2) is 6.64. The van der Waals surface area contributed by atoms with Crippen LogP contribution in [-0.2, 0) is 0 Å². The molecule has 0 aliphatic heterocycles. The Morgan fingerprint density at radius 1 is 1.22 bits per heavy atom. The van der Waals surface area contributed by atoms with E-state index < -0.39 is 0 Å². The molecule has 100 valence electrons. The molecule has 1 unspecified atom stereocenters. The molecule has 1 aromatic rings. The van der Waals surface area contributed by atoms with Crippen molar-refractivity contribution in [1.82, 2.24) is 4.90 Å². The van der Waals surface area contributed by atoms with Gasteiger partial charge in [0.2, 0.25) is 0 Å². The van der Waals surface area contributed by atoms with Crippen LogP contribution in [0.1, 0.15) is 37.6 Å². The second-order valence-electron chi connectivity index (χ2n) is 5.32. The van der Waals surface area contributed by atoms with Crippen molar-refractivity contribution in [1.29, 1.82) is 0 Å². The lowest BCUT2D eigenvalue weighted by molar-refractivity contribution is 0.0916. The van der Waals surface area contributed by atoms with Crippen LogP contribution in [0.15, 0.2) is 24.3 Å². The first-order valence-electron chi connectivity index (χ1n) is 6.39. The van der Waals surface area contributed by atoms with Gasteiger partial charge in [-0.3, -0.25) is 9.69 Å². The average molecular weight is 251 g/mol. The van der Waals surface area contributed by atoms with Crippen LogP contribution in [0.2, 0.25) is 0 Å². The largest absolute Gasteiger partial charge is 0.296 e. The summed E-state index contributed by atoms with van der Waals surface area (Å²) in [7, 11) is 1.95. The number of nitrogens with zero attached hydrogens (tertiary/aromatic N) is 1. The third-order valence-electron chi connectivity index (χ3n) is 3.12. The number of ketones is 1. The summed E-state index contributed by atoms with van der Waals surface area (Å²) in [4.78, 5) is 14.0. The van der Waals surface area contributed by atoms with Crippen molar-refractivity contribution in [2.75, 3.05) is 13.6 Å². The van der Waals surface area contributed by atoms with Crippen molar-refractivity contribution >= 4 is 5.78 Å². The minimum atomic E-state index is -0.312. The number of halogens is 1. The Kier molecular flexibility index (Phi) is 5.48. The Hall–Kier alpha value is -1.22. The van der Waals surface area contributed by atoms with E-state index in [1.165, 1.54) is 12.1 Å². The maximum Gasteiger partial charge on any atom is 0.176 e. The zero-order chi connectivity index (χ0) is 13.7. The third-order valence-corrected chi connectivity index (χ3v) is 3.12. The van der Waals surface area contributed by atoms with Gasteiger partial charge in [-0.1, -0.05) is 13.8 Å². The van der Waals surface area contributed by atoms with Gasteiger partial charge in [-0.25, -0.2) is 4.39 Å². The molecule has 18 heavy (non-hydrogen) atoms. The zero-order valence-electron chi connectivity index (χ0n) is 11.6. The van der Waals surface area contributed by atoms with Gasteiger partial charge in [-0.15, -0.1) is 0 Å². The van der Waals surface area contributed by atoms with E-state index in [0.717, 1.165) is 6.42 Å². The number of carbonyl (C=O) groups excluding carboxylic acids is 1. The molecule has 0 saturated carbocycles. The van der Waals surface area contributed by atoms with Gasteiger partial charge in [-0.05, 0) is 50.6 Å². The number of Topliss-reactive ketones (excluding diaryl/α,β-unsaturated/α-hetero) is 1. The highest BCUT2D eigenvalue weighted by molar-refractivity contribution is 5.97. The lowest BCUT2D eigenvalue weighted by Gasteiger charge is -2.25. The van der Waals surface area contributed by atoms with Crippen molar-refractivity contribution in [2.45, 2.75) is 33.2 Å². The highest BCUT2D eigenvalue weighted by atomic mass is 19.1. The van der Waals surface area contributed by atoms with Gasteiger partial charge < -0.3 is 0 Å². The molecule has 0 heterocycles. The molecule has 0 aliphatic carbocycles. The maximum absolute atomic E-state index is 12.8. The quantitative estimate of drug-likeness (QED) is 0.722. The third kappa shape index (κ3) is 4.57. The molecule has 0 fully saturated rings. The minimum Gasteiger partial charge on any atom is -0.296 e. The number of rotatable bonds is 6. The molecule has 3 heteroatoms. The molecule has 0 N–H and O–H groups in total. The summed E-state index contributed by atoms with van der Waals surface area (Å²) in [5.74, 6) is 0.338. The number of likely N-dealkylation sites (N-methyl/N-ethyl adjacent to an activating group) is 1. The van der Waals surface area contributed by atoms with E-state index in [1.54, 1.807) is 12.1 Å². The molecule has 0 amide bonds. The fourth-order valence-electron chi connectivity index (χ4n) is 1.97. The lowest BCUT2D eigenvalue weighted by atomic mass is 10.0. The van der Waals surface area contributed by atoms with Crippen molar-refractivity contribution in [3.8, 4) is 0 Å². The standard InChI is InChI=1S/C15H22FNO/c1-11(2)9-12(3)17(4)10-15(18)13-5-7-14(16)8-6-13/h5-8,11-12H,9-10H2,1-4H3. The van der Waals surface area contributed by atoms with Gasteiger partial charge in [0.25, 0.3) is 0 Å². The summed E-state index contributed by atoms with van der Waals surface area (Å²) < 4.78 is 12.8. The van der Waals surface area contributed by atoms with Crippen LogP contribution in [0.4, 0.5) is 4.39 Å². The molecule has 0 saturated heterocycles. The van der Waals surface area contributed by atoms with E-state index in [-0.39, 0.29) is 11.6 Å². The summed E-state index contributed by atoms with van der Waals surface area (Å²) >= 11 is 0. The number of hydrogen-bond acceptors (Lipinski definition) is 2. The van der Waals surface area contributed by atoms with Crippen molar-refractivity contribution < 1.29 is 9.18 Å². The van der Waals surface area contributed by atoms with Gasteiger partial charge in [-0.2, -0.15) is 0 Å². The number of hydrogen-bond donors (Lipinski definition) is 0. The molecule has 2 nitrogen and oxygen atoms in total. The van der Waals surface area contributed by atoms with E-state index >= 15 is 0 Å². The Balaban J connectivity index is 2.56. The van der Waals surface area contributed by atoms with E-state index in [2.05, 4.69) is 20.8 Å². The Labute approximate surface area is 109 Å². The molecule has 0 aliphatic rings. The smallest absolute Gasteiger partial charge is 0.176 e. The normalized spacial score (nSPS) is 13.1. The van der Waals surface area contributed by atoms with Crippen LogP contribution >= 0.6 is 0 Å². The van der Waals surface area contributed by atoms with Crippen molar-refractivity contribution in [3.05, 3.63) is 35.6 Å². The molecule has 0 spiro atoms. The van der Waals surface area contributed by atoms with Gasteiger partial charge in [0.05, 0.1) is 6.54 Å². The lowest BCUT2D eigenvalue weighted by Crippen LogP contribution is -2.34. The Bertz CT molecular complexity index is 386. The summed E-state index contributed by atoms with van der Waals surface area (Å²) in [6.07, 6.45) is 1.06. The number of carbonyl (C=O) groups is 1. The molecule has 0 radical (unpaired) electrons. The molecule has 0 bridgehead atoms. The van der Waals surface area contributed by atoms with Gasteiger partial charge in [0.1, 0.15) is 5.82 Å². The van der Waals surface area contributed by atoms with Crippen LogP contribution < -0.4 is 0 Å². The predicted molar refractivity (Wildman–Crippen MR) is 72.3 cm³/mol.